The highest BCUT2D eigenvalue weighted by Gasteiger charge is 2.37. The Labute approximate surface area is 239 Å². The van der Waals surface area contributed by atoms with Crippen molar-refractivity contribution in [2.45, 2.75) is 58.8 Å². The number of halogens is 1. The fourth-order valence-electron chi connectivity index (χ4n) is 5.30. The van der Waals surface area contributed by atoms with Crippen molar-refractivity contribution in [2.24, 2.45) is 0 Å². The predicted molar refractivity (Wildman–Crippen MR) is 157 cm³/mol. The van der Waals surface area contributed by atoms with Gasteiger partial charge in [-0.25, -0.2) is 14.2 Å². The van der Waals surface area contributed by atoms with Crippen molar-refractivity contribution >= 4 is 11.9 Å². The summed E-state index contributed by atoms with van der Waals surface area (Å²) in [6.45, 7) is 6.37. The van der Waals surface area contributed by atoms with E-state index >= 15 is 0 Å². The lowest BCUT2D eigenvalue weighted by Crippen LogP contribution is -2.42. The van der Waals surface area contributed by atoms with Crippen molar-refractivity contribution in [1.29, 1.82) is 0 Å². The van der Waals surface area contributed by atoms with E-state index in [2.05, 4.69) is 22.5 Å². The number of carbonyl (C=O) groups is 2. The summed E-state index contributed by atoms with van der Waals surface area (Å²) in [6.07, 6.45) is 5.17. The quantitative estimate of drug-likeness (QED) is 0.257. The summed E-state index contributed by atoms with van der Waals surface area (Å²) in [7, 11) is 0. The van der Waals surface area contributed by atoms with Crippen LogP contribution >= 0.6 is 0 Å². The lowest BCUT2D eigenvalue weighted by atomic mass is 9.93. The fourth-order valence-corrected chi connectivity index (χ4v) is 5.30. The van der Waals surface area contributed by atoms with Gasteiger partial charge < -0.3 is 15.5 Å². The summed E-state index contributed by atoms with van der Waals surface area (Å²) < 4.78 is 14.2. The van der Waals surface area contributed by atoms with E-state index in [1.165, 1.54) is 6.07 Å². The summed E-state index contributed by atoms with van der Waals surface area (Å²) in [5, 5.41) is 5.84. The molecule has 1 aliphatic rings. The van der Waals surface area contributed by atoms with Gasteiger partial charge in [-0.3, -0.25) is 9.78 Å². The van der Waals surface area contributed by atoms with Crippen molar-refractivity contribution in [3.05, 3.63) is 107 Å². The second-order valence-corrected chi connectivity index (χ2v) is 10.6. The number of fused-ring (bicyclic) bond motifs is 1. The maximum Gasteiger partial charge on any atom is 0.318 e. The van der Waals surface area contributed by atoms with Crippen molar-refractivity contribution in [1.82, 2.24) is 25.5 Å². The summed E-state index contributed by atoms with van der Waals surface area (Å²) in [5.41, 5.74) is 5.91. The maximum absolute atomic E-state index is 14.2. The van der Waals surface area contributed by atoms with Gasteiger partial charge in [0.05, 0.1) is 11.7 Å². The van der Waals surface area contributed by atoms with Crippen molar-refractivity contribution in [3.63, 3.8) is 0 Å². The average Bonchev–Trinajstić information content (AvgIpc) is 3.35. The van der Waals surface area contributed by atoms with Gasteiger partial charge in [0, 0.05) is 53.8 Å². The number of aromatic nitrogens is 2. The molecular formula is C33H34FN5O2. The number of pyridine rings is 2. The van der Waals surface area contributed by atoms with Crippen LogP contribution in [-0.4, -0.2) is 32.8 Å². The van der Waals surface area contributed by atoms with Crippen LogP contribution in [0.4, 0.5) is 9.18 Å². The van der Waals surface area contributed by atoms with E-state index in [9.17, 15) is 14.0 Å². The molecule has 8 heteroatoms. The Balaban J connectivity index is 1.58. The molecule has 210 valence electrons. The molecule has 7 nitrogen and oxygen atoms in total. The molecule has 41 heavy (non-hydrogen) atoms. The molecule has 3 amide bonds. The van der Waals surface area contributed by atoms with Crippen LogP contribution in [0.1, 0.15) is 66.8 Å². The number of hydrogen-bond donors (Lipinski definition) is 2. The van der Waals surface area contributed by atoms with Gasteiger partial charge in [-0.05, 0) is 55.7 Å². The standard InChI is InChI=1S/C33H34FN5O2/c1-4-9-29-30-26(20-39(29)33(41)37-21(2)3)17-28(32(40)36-19-25-10-5-6-14-27(25)34)38-31(30)23-12-7-11-22(16-23)24-13-8-15-35-18-24/h5-8,10-18,21,29H,4,9,19-20H2,1-3H3,(H,36,40)(H,37,41)/t29-/m1/s1. The number of nitrogens with zero attached hydrogens (tertiary/aromatic N) is 3. The monoisotopic (exact) mass is 551 g/mol. The minimum atomic E-state index is -0.405. The predicted octanol–water partition coefficient (Wildman–Crippen LogP) is 6.65. The second-order valence-electron chi connectivity index (χ2n) is 10.6. The van der Waals surface area contributed by atoms with E-state index < -0.39 is 5.91 Å². The Kier molecular flexibility index (Phi) is 8.38. The number of nitrogens with one attached hydrogen (secondary N) is 2. The highest BCUT2D eigenvalue weighted by Crippen LogP contribution is 2.43. The largest absolute Gasteiger partial charge is 0.347 e. The van der Waals surface area contributed by atoms with Gasteiger partial charge in [-0.15, -0.1) is 0 Å². The van der Waals surface area contributed by atoms with Gasteiger partial charge in [0.1, 0.15) is 11.5 Å². The maximum atomic E-state index is 14.2. The van der Waals surface area contributed by atoms with Crippen LogP contribution in [0.3, 0.4) is 0 Å². The number of amides is 3. The Hall–Kier alpha value is -4.59. The van der Waals surface area contributed by atoms with Crippen LogP contribution in [0.2, 0.25) is 0 Å². The van der Waals surface area contributed by atoms with Crippen molar-refractivity contribution in [2.75, 3.05) is 0 Å². The Bertz CT molecular complexity index is 1560. The zero-order valence-electron chi connectivity index (χ0n) is 23.5. The molecule has 0 aliphatic carbocycles. The molecule has 0 unspecified atom stereocenters. The third kappa shape index (κ3) is 6.11. The Morgan fingerprint density at radius 2 is 1.80 bits per heavy atom. The molecule has 0 saturated heterocycles. The first-order valence-corrected chi connectivity index (χ1v) is 14.0. The lowest BCUT2D eigenvalue weighted by Gasteiger charge is -2.27. The number of benzene rings is 2. The van der Waals surface area contributed by atoms with Crippen LogP contribution in [0.15, 0.2) is 79.1 Å². The van der Waals surface area contributed by atoms with E-state index in [1.807, 2.05) is 55.1 Å². The lowest BCUT2D eigenvalue weighted by molar-refractivity contribution is 0.0945. The topological polar surface area (TPSA) is 87.2 Å². The molecule has 2 N–H and O–H groups in total. The number of hydrogen-bond acceptors (Lipinski definition) is 4. The third-order valence-electron chi connectivity index (χ3n) is 7.19. The van der Waals surface area contributed by atoms with Gasteiger partial charge in [-0.2, -0.15) is 0 Å². The Morgan fingerprint density at radius 1 is 1.02 bits per heavy atom. The number of rotatable bonds is 8. The average molecular weight is 552 g/mol. The van der Waals surface area contributed by atoms with Crippen molar-refractivity contribution < 1.29 is 14.0 Å². The first-order valence-electron chi connectivity index (χ1n) is 14.0. The minimum Gasteiger partial charge on any atom is -0.347 e. The second kappa shape index (κ2) is 12.3. The van der Waals surface area contributed by atoms with E-state index in [4.69, 9.17) is 4.98 Å². The molecule has 0 fully saturated rings. The molecule has 4 aromatic rings. The molecular weight excluding hydrogens is 517 g/mol. The van der Waals surface area contributed by atoms with Crippen LogP contribution in [0.5, 0.6) is 0 Å². The molecule has 0 radical (unpaired) electrons. The summed E-state index contributed by atoms with van der Waals surface area (Å²) >= 11 is 0. The number of urea groups is 1. The van der Waals surface area contributed by atoms with Gasteiger partial charge in [-0.1, -0.05) is 55.8 Å². The molecule has 2 aromatic carbocycles. The van der Waals surface area contributed by atoms with Crippen molar-refractivity contribution in [3.8, 4) is 22.4 Å². The summed E-state index contributed by atoms with van der Waals surface area (Å²) in [6, 6.07) is 19.7. The van der Waals surface area contributed by atoms with Gasteiger partial charge in [0.25, 0.3) is 5.91 Å². The third-order valence-corrected chi connectivity index (χ3v) is 7.19. The van der Waals surface area contributed by atoms with E-state index in [0.717, 1.165) is 40.7 Å². The summed E-state index contributed by atoms with van der Waals surface area (Å²) in [4.78, 5) is 37.6. The number of carbonyl (C=O) groups excluding carboxylic acids is 2. The SMILES string of the molecule is CCC[C@@H]1c2c(cc(C(=O)NCc3ccccc3F)nc2-c2cccc(-c3cccnc3)c2)CN1C(=O)NC(C)C. The van der Waals surface area contributed by atoms with Crippen LogP contribution in [0, 0.1) is 5.82 Å². The smallest absolute Gasteiger partial charge is 0.318 e. The summed E-state index contributed by atoms with van der Waals surface area (Å²) in [5.74, 6) is -0.783. The van der Waals surface area contributed by atoms with Gasteiger partial charge >= 0.3 is 6.03 Å². The molecule has 5 rings (SSSR count). The molecule has 1 aliphatic heterocycles. The van der Waals surface area contributed by atoms with Crippen LogP contribution in [-0.2, 0) is 13.1 Å². The fraction of sp³-hybridized carbons (Fsp3) is 0.273. The highest BCUT2D eigenvalue weighted by atomic mass is 19.1. The van der Waals surface area contributed by atoms with Gasteiger partial charge in [0.2, 0.25) is 0 Å². The zero-order valence-corrected chi connectivity index (χ0v) is 23.5. The Morgan fingerprint density at radius 3 is 2.54 bits per heavy atom. The molecule has 0 spiro atoms. The zero-order chi connectivity index (χ0) is 28.9. The molecule has 0 saturated carbocycles. The molecule has 2 aromatic heterocycles. The molecule has 0 bridgehead atoms. The van der Waals surface area contributed by atoms with Crippen LogP contribution < -0.4 is 10.6 Å². The molecule has 3 heterocycles. The van der Waals surface area contributed by atoms with E-state index in [1.54, 1.807) is 36.7 Å². The first kappa shape index (κ1) is 28.0. The first-order chi connectivity index (χ1) is 19.9. The van der Waals surface area contributed by atoms with Gasteiger partial charge in [0.15, 0.2) is 0 Å². The highest BCUT2D eigenvalue weighted by molar-refractivity contribution is 5.94. The van der Waals surface area contributed by atoms with E-state index in [-0.39, 0.29) is 36.2 Å². The van der Waals surface area contributed by atoms with E-state index in [0.29, 0.717) is 17.8 Å². The normalized spacial score (nSPS) is 14.2. The van der Waals surface area contributed by atoms with Crippen LogP contribution in [0.25, 0.3) is 22.4 Å². The minimum absolute atomic E-state index is 0.0121. The molecule has 1 atom stereocenters.